The van der Waals surface area contributed by atoms with Crippen LogP contribution >= 0.6 is 58.0 Å². The Bertz CT molecular complexity index is 118. The van der Waals surface area contributed by atoms with E-state index in [0.717, 1.165) is 0 Å². The van der Waals surface area contributed by atoms with Crippen LogP contribution in [0.2, 0.25) is 0 Å². The highest BCUT2D eigenvalue weighted by atomic mass is 35.6. The molecule has 0 aliphatic carbocycles. The molecule has 94 valence electrons. The maximum Gasteiger partial charge on any atom is 0.313 e. The van der Waals surface area contributed by atoms with Crippen LogP contribution in [0, 0.1) is 0 Å². The second-order valence-corrected chi connectivity index (χ2v) is 4.95. The molecule has 0 N–H and O–H groups in total. The largest absolute Gasteiger partial charge is 0.313 e. The molecule has 0 saturated heterocycles. The summed E-state index contributed by atoms with van der Waals surface area (Å²) >= 11 is 23.2. The highest BCUT2D eigenvalue weighted by molar-refractivity contribution is 6.93. The van der Waals surface area contributed by atoms with Crippen molar-refractivity contribution in [1.29, 1.82) is 0 Å². The minimum absolute atomic E-state index is 0.750. The average Bonchev–Trinajstić information content (AvgIpc) is 2.05. The zero-order valence-corrected chi connectivity index (χ0v) is 12.7. The van der Waals surface area contributed by atoms with E-state index in [1.165, 1.54) is 19.6 Å². The highest BCUT2D eigenvalue weighted by Gasteiger charge is 1.89. The number of carbonyl (C=O) groups is 1. The minimum atomic E-state index is -0.889. The van der Waals surface area contributed by atoms with Crippen LogP contribution in [-0.2, 0) is 0 Å². The van der Waals surface area contributed by atoms with Crippen LogP contribution in [-0.4, -0.2) is 33.5 Å². The predicted molar refractivity (Wildman–Crippen MR) is 71.9 cm³/mol. The Hall–Kier alpha value is 1.08. The molecule has 0 aliphatic heterocycles. The fourth-order valence-electron chi connectivity index (χ4n) is 0.671. The lowest BCUT2D eigenvalue weighted by molar-refractivity contribution is 0.275. The molecule has 0 amide bonds. The highest BCUT2D eigenvalue weighted by Crippen LogP contribution is 2.03. The molecule has 15 heavy (non-hydrogen) atoms. The van der Waals surface area contributed by atoms with Gasteiger partial charge in [-0.05, 0) is 42.8 Å². The van der Waals surface area contributed by atoms with Crippen LogP contribution in [0.1, 0.15) is 20.8 Å². The molecule has 0 aliphatic rings. The fraction of sp³-hybridized carbons (Fsp3) is 0.875. The Balaban J connectivity index is -0.000000155. The maximum atomic E-state index is 8.98. The number of hydrogen-bond donors (Lipinski definition) is 0. The first-order valence-corrected chi connectivity index (χ1v) is 6.37. The van der Waals surface area contributed by atoms with E-state index in [2.05, 4.69) is 48.9 Å². The van der Waals surface area contributed by atoms with Crippen molar-refractivity contribution in [2.24, 2.45) is 0 Å². The van der Waals surface area contributed by atoms with Gasteiger partial charge in [-0.3, -0.25) is 4.79 Å². The summed E-state index contributed by atoms with van der Waals surface area (Å²) < 4.78 is -1.64. The minimum Gasteiger partial charge on any atom is -0.304 e. The smallest absolute Gasteiger partial charge is 0.304 e. The molecule has 0 saturated carbocycles. The van der Waals surface area contributed by atoms with Crippen molar-refractivity contribution < 1.29 is 4.79 Å². The van der Waals surface area contributed by atoms with Crippen molar-refractivity contribution in [3.8, 4) is 0 Å². The van der Waals surface area contributed by atoms with Gasteiger partial charge in [-0.1, -0.05) is 55.6 Å². The summed E-state index contributed by atoms with van der Waals surface area (Å²) in [4.78, 5) is 11.4. The Labute approximate surface area is 117 Å². The number of nitrogens with zero attached hydrogens (tertiary/aromatic N) is 1. The SMILES string of the molecule is CCN(CC)CC.ClC(Cl)Cl.O=C(Cl)Cl. The number of alkyl halides is 3. The van der Waals surface area contributed by atoms with Gasteiger partial charge in [0.15, 0.2) is 4.30 Å². The standard InChI is InChI=1S/C6H15N.CHCl3.CCl2O/c1-4-7(5-2)6-3;2*2-1(3)4/h4-6H2,1-3H3;1H;. The molecular weight excluding hydrogens is 303 g/mol. The van der Waals surface area contributed by atoms with Gasteiger partial charge in [0.05, 0.1) is 0 Å². The second kappa shape index (κ2) is 17.5. The van der Waals surface area contributed by atoms with Gasteiger partial charge < -0.3 is 4.90 Å². The van der Waals surface area contributed by atoms with E-state index < -0.39 is 9.00 Å². The Morgan fingerprint density at radius 1 is 1.00 bits per heavy atom. The number of carbonyl (C=O) groups excluding carboxylic acids is 1. The summed E-state index contributed by atoms with van der Waals surface area (Å²) in [7, 11) is 0. The molecule has 7 heteroatoms. The van der Waals surface area contributed by atoms with Crippen LogP contribution in [0.5, 0.6) is 0 Å². The van der Waals surface area contributed by atoms with E-state index in [1.54, 1.807) is 0 Å². The van der Waals surface area contributed by atoms with Gasteiger partial charge in [0.25, 0.3) is 0 Å². The fourth-order valence-corrected chi connectivity index (χ4v) is 0.671. The van der Waals surface area contributed by atoms with Crippen molar-refractivity contribution >= 4 is 62.7 Å². The summed E-state index contributed by atoms with van der Waals surface area (Å²) in [6, 6.07) is 0. The van der Waals surface area contributed by atoms with Crippen molar-refractivity contribution in [3.63, 3.8) is 0 Å². The van der Waals surface area contributed by atoms with E-state index in [9.17, 15) is 0 Å². The molecule has 0 atom stereocenters. The van der Waals surface area contributed by atoms with Gasteiger partial charge in [0, 0.05) is 0 Å². The Kier molecular flexibility index (Phi) is 24.9. The third-order valence-corrected chi connectivity index (χ3v) is 1.34. The first-order chi connectivity index (χ1) is 6.81. The molecule has 0 aromatic rings. The van der Waals surface area contributed by atoms with Gasteiger partial charge in [0.1, 0.15) is 0 Å². The van der Waals surface area contributed by atoms with Crippen molar-refractivity contribution in [2.75, 3.05) is 19.6 Å². The quantitative estimate of drug-likeness (QED) is 0.543. The zero-order valence-electron chi connectivity index (χ0n) is 8.94. The molecule has 0 heterocycles. The van der Waals surface area contributed by atoms with Crippen LogP contribution < -0.4 is 0 Å². The molecule has 0 aromatic carbocycles. The predicted octanol–water partition coefficient (Wildman–Crippen LogP) is 4.92. The van der Waals surface area contributed by atoms with Crippen LogP contribution in [0.3, 0.4) is 0 Å². The molecule has 0 aromatic heterocycles. The molecular formula is C8H16Cl5NO. The number of hydrogen-bond acceptors (Lipinski definition) is 2. The lowest BCUT2D eigenvalue weighted by Gasteiger charge is -2.13. The molecule has 0 spiro atoms. The van der Waals surface area contributed by atoms with Gasteiger partial charge >= 0.3 is 4.70 Å². The lowest BCUT2D eigenvalue weighted by Crippen LogP contribution is -2.21. The monoisotopic (exact) mass is 317 g/mol. The van der Waals surface area contributed by atoms with E-state index >= 15 is 0 Å². The maximum absolute atomic E-state index is 8.98. The van der Waals surface area contributed by atoms with Crippen LogP contribution in [0.4, 0.5) is 4.79 Å². The van der Waals surface area contributed by atoms with Crippen LogP contribution in [0.25, 0.3) is 0 Å². The first kappa shape index (κ1) is 21.4. The zero-order chi connectivity index (χ0) is 12.9. The normalized spacial score (nSPS) is 8.93. The Morgan fingerprint density at radius 2 is 1.13 bits per heavy atom. The van der Waals surface area contributed by atoms with Gasteiger partial charge in [-0.25, -0.2) is 0 Å². The van der Waals surface area contributed by atoms with Crippen molar-refractivity contribution in [1.82, 2.24) is 4.90 Å². The van der Waals surface area contributed by atoms with Crippen LogP contribution in [0.15, 0.2) is 0 Å². The molecule has 0 bridgehead atoms. The molecule has 0 fully saturated rings. The van der Waals surface area contributed by atoms with Gasteiger partial charge in [-0.15, -0.1) is 0 Å². The second-order valence-electron chi connectivity index (χ2n) is 2.09. The number of rotatable bonds is 3. The molecule has 2 nitrogen and oxygen atoms in total. The summed E-state index contributed by atoms with van der Waals surface area (Å²) in [5.74, 6) is 0. The van der Waals surface area contributed by atoms with E-state index in [4.69, 9.17) is 39.6 Å². The third-order valence-electron chi connectivity index (χ3n) is 1.34. The first-order valence-electron chi connectivity index (χ1n) is 4.31. The molecule has 0 unspecified atom stereocenters. The summed E-state index contributed by atoms with van der Waals surface area (Å²) in [5, 5.41) is 0. The lowest BCUT2D eigenvalue weighted by atomic mass is 10.5. The third kappa shape index (κ3) is 51.5. The van der Waals surface area contributed by atoms with E-state index in [0.29, 0.717) is 0 Å². The summed E-state index contributed by atoms with van der Waals surface area (Å²) in [5.41, 5.74) is 0. The Morgan fingerprint density at radius 3 is 1.13 bits per heavy atom. The van der Waals surface area contributed by atoms with E-state index in [1.807, 2.05) is 0 Å². The van der Waals surface area contributed by atoms with Gasteiger partial charge in [0.2, 0.25) is 0 Å². The summed E-state index contributed by atoms with van der Waals surface area (Å²) in [6.45, 7) is 10.1. The molecule has 0 rings (SSSR count). The summed E-state index contributed by atoms with van der Waals surface area (Å²) in [6.07, 6.45) is 0. The van der Waals surface area contributed by atoms with Crippen molar-refractivity contribution in [3.05, 3.63) is 0 Å². The average molecular weight is 319 g/mol. The molecule has 0 radical (unpaired) electrons. The topological polar surface area (TPSA) is 20.3 Å². The van der Waals surface area contributed by atoms with Gasteiger partial charge in [-0.2, -0.15) is 0 Å². The number of halogens is 5. The van der Waals surface area contributed by atoms with E-state index in [-0.39, 0.29) is 0 Å². The van der Waals surface area contributed by atoms with Crippen molar-refractivity contribution in [2.45, 2.75) is 25.1 Å².